The Bertz CT molecular complexity index is 416. The van der Waals surface area contributed by atoms with E-state index in [-0.39, 0.29) is 24.0 Å². The van der Waals surface area contributed by atoms with Crippen LogP contribution in [0.4, 0.5) is 0 Å². The van der Waals surface area contributed by atoms with Gasteiger partial charge in [0.25, 0.3) is 0 Å². The third-order valence-corrected chi connectivity index (χ3v) is 4.63. The normalized spacial score (nSPS) is 13.0. The molecule has 2 N–H and O–H groups in total. The van der Waals surface area contributed by atoms with Crippen LogP contribution >= 0.6 is 35.3 Å². The first-order chi connectivity index (χ1) is 9.62. The molecule has 0 aliphatic heterocycles. The number of nitrogens with one attached hydrogen (secondary N) is 2. The average molecular weight is 424 g/mol. The number of rotatable bonds is 7. The van der Waals surface area contributed by atoms with Gasteiger partial charge in [0, 0.05) is 24.5 Å². The summed E-state index contributed by atoms with van der Waals surface area (Å²) in [5.41, 5.74) is 1.34. The molecule has 21 heavy (non-hydrogen) atoms. The Morgan fingerprint density at radius 2 is 2.00 bits per heavy atom. The van der Waals surface area contributed by atoms with Crippen LogP contribution in [0, 0.1) is 6.92 Å². The largest absolute Gasteiger partial charge is 0.355 e. The Labute approximate surface area is 150 Å². The highest BCUT2D eigenvalue weighted by Crippen LogP contribution is 2.14. The summed E-state index contributed by atoms with van der Waals surface area (Å²) in [4.78, 5) is 8.08. The number of aryl methyl sites for hydroxylation is 1. The van der Waals surface area contributed by atoms with Crippen molar-refractivity contribution in [3.63, 3.8) is 0 Å². The lowest BCUT2D eigenvalue weighted by Crippen LogP contribution is -2.45. The minimum atomic E-state index is 0. The van der Waals surface area contributed by atoms with Crippen LogP contribution in [0.15, 0.2) is 16.4 Å². The third-order valence-electron chi connectivity index (χ3n) is 3.61. The van der Waals surface area contributed by atoms with E-state index in [1.54, 1.807) is 11.3 Å². The van der Waals surface area contributed by atoms with Crippen LogP contribution in [-0.2, 0) is 6.54 Å². The van der Waals surface area contributed by atoms with Crippen LogP contribution in [0.1, 0.15) is 31.2 Å². The molecule has 0 saturated carbocycles. The average Bonchev–Trinajstić information content (AvgIpc) is 2.86. The number of nitrogens with zero attached hydrogens (tertiary/aromatic N) is 2. The molecule has 6 heteroatoms. The molecule has 0 amide bonds. The van der Waals surface area contributed by atoms with Crippen molar-refractivity contribution >= 4 is 41.3 Å². The van der Waals surface area contributed by atoms with Crippen molar-refractivity contribution in [2.24, 2.45) is 4.99 Å². The summed E-state index contributed by atoms with van der Waals surface area (Å²) in [6, 6.07) is 2.66. The molecule has 4 nitrogen and oxygen atoms in total. The van der Waals surface area contributed by atoms with E-state index in [1.807, 2.05) is 7.05 Å². The molecule has 0 radical (unpaired) electrons. The molecule has 0 spiro atoms. The van der Waals surface area contributed by atoms with Gasteiger partial charge in [-0.15, -0.1) is 35.3 Å². The van der Waals surface area contributed by atoms with Gasteiger partial charge in [0.2, 0.25) is 0 Å². The zero-order valence-corrected chi connectivity index (χ0v) is 16.9. The van der Waals surface area contributed by atoms with E-state index in [4.69, 9.17) is 0 Å². The van der Waals surface area contributed by atoms with Gasteiger partial charge in [0.05, 0.1) is 6.54 Å². The number of aliphatic imine (C=N–C) groups is 1. The maximum atomic E-state index is 4.28. The fourth-order valence-corrected chi connectivity index (χ4v) is 3.04. The quantitative estimate of drug-likeness (QED) is 0.402. The number of halogens is 1. The van der Waals surface area contributed by atoms with Gasteiger partial charge in [-0.3, -0.25) is 9.89 Å². The van der Waals surface area contributed by atoms with Crippen LogP contribution in [0.2, 0.25) is 0 Å². The summed E-state index contributed by atoms with van der Waals surface area (Å²) in [5, 5.41) is 8.91. The van der Waals surface area contributed by atoms with Gasteiger partial charge in [-0.25, -0.2) is 0 Å². The Morgan fingerprint density at radius 1 is 1.33 bits per heavy atom. The van der Waals surface area contributed by atoms with Crippen molar-refractivity contribution in [2.45, 2.75) is 40.3 Å². The first kappa shape index (κ1) is 20.7. The zero-order chi connectivity index (χ0) is 15.0. The number of guanidine groups is 1. The highest BCUT2D eigenvalue weighted by Gasteiger charge is 2.10. The zero-order valence-electron chi connectivity index (χ0n) is 13.8. The van der Waals surface area contributed by atoms with E-state index >= 15 is 0 Å². The van der Waals surface area contributed by atoms with Crippen LogP contribution in [0.3, 0.4) is 0 Å². The number of hydrogen-bond donors (Lipinski definition) is 2. The third kappa shape index (κ3) is 6.97. The molecule has 1 unspecified atom stereocenters. The molecule has 0 bridgehead atoms. The maximum Gasteiger partial charge on any atom is 0.191 e. The second kappa shape index (κ2) is 11.3. The van der Waals surface area contributed by atoms with Gasteiger partial charge in [-0.2, -0.15) is 0 Å². The molecule has 0 aromatic carbocycles. The van der Waals surface area contributed by atoms with E-state index in [0.717, 1.165) is 32.1 Å². The standard InChI is InChI=1S/C15H28N4S.HI/c1-6-19(7-2)13(4)10-17-15(16-5)18-11-14-12(3)8-9-20-14;/h8-9,13H,6-7,10-11H2,1-5H3,(H2,16,17,18);1H. The van der Waals surface area contributed by atoms with Crippen molar-refractivity contribution in [2.75, 3.05) is 26.7 Å². The molecular formula is C15H29IN4S. The topological polar surface area (TPSA) is 39.7 Å². The molecule has 0 aliphatic rings. The van der Waals surface area contributed by atoms with Crippen LogP contribution in [0.5, 0.6) is 0 Å². The first-order valence-corrected chi connectivity index (χ1v) is 8.21. The molecule has 1 aromatic heterocycles. The van der Waals surface area contributed by atoms with Gasteiger partial charge in [-0.05, 0) is 43.9 Å². The molecular weight excluding hydrogens is 395 g/mol. The highest BCUT2D eigenvalue weighted by atomic mass is 127. The van der Waals surface area contributed by atoms with Gasteiger partial charge < -0.3 is 10.6 Å². The predicted molar refractivity (Wildman–Crippen MR) is 105 cm³/mol. The summed E-state index contributed by atoms with van der Waals surface area (Å²) in [7, 11) is 1.82. The summed E-state index contributed by atoms with van der Waals surface area (Å²) in [6.07, 6.45) is 0. The second-order valence-corrected chi connectivity index (χ2v) is 5.90. The van der Waals surface area contributed by atoms with E-state index in [0.29, 0.717) is 6.04 Å². The van der Waals surface area contributed by atoms with E-state index in [1.165, 1.54) is 10.4 Å². The maximum absolute atomic E-state index is 4.28. The van der Waals surface area contributed by atoms with Crippen molar-refractivity contribution in [1.82, 2.24) is 15.5 Å². The molecule has 0 aliphatic carbocycles. The molecule has 122 valence electrons. The molecule has 0 fully saturated rings. The first-order valence-electron chi connectivity index (χ1n) is 7.33. The summed E-state index contributed by atoms with van der Waals surface area (Å²) in [5.74, 6) is 0.872. The SMILES string of the molecule is CCN(CC)C(C)CNC(=NC)NCc1sccc1C.I. The molecule has 1 rings (SSSR count). The van der Waals surface area contributed by atoms with E-state index < -0.39 is 0 Å². The monoisotopic (exact) mass is 424 g/mol. The lowest BCUT2D eigenvalue weighted by molar-refractivity contribution is 0.231. The highest BCUT2D eigenvalue weighted by molar-refractivity contribution is 14.0. The minimum Gasteiger partial charge on any atom is -0.355 e. The van der Waals surface area contributed by atoms with E-state index in [2.05, 4.69) is 59.7 Å². The van der Waals surface area contributed by atoms with Crippen molar-refractivity contribution < 1.29 is 0 Å². The Morgan fingerprint density at radius 3 is 2.48 bits per heavy atom. The molecule has 1 heterocycles. The predicted octanol–water partition coefficient (Wildman–Crippen LogP) is 3.07. The number of hydrogen-bond acceptors (Lipinski definition) is 3. The van der Waals surface area contributed by atoms with Gasteiger partial charge in [-0.1, -0.05) is 13.8 Å². The van der Waals surface area contributed by atoms with Gasteiger partial charge >= 0.3 is 0 Å². The molecule has 0 saturated heterocycles. The fourth-order valence-electron chi connectivity index (χ4n) is 2.19. The van der Waals surface area contributed by atoms with Crippen LogP contribution in [-0.4, -0.2) is 43.6 Å². The second-order valence-electron chi connectivity index (χ2n) is 4.90. The number of likely N-dealkylation sites (N-methyl/N-ethyl adjacent to an activating group) is 1. The lowest BCUT2D eigenvalue weighted by Gasteiger charge is -2.27. The summed E-state index contributed by atoms with van der Waals surface area (Å²) < 4.78 is 0. The van der Waals surface area contributed by atoms with Crippen molar-refractivity contribution in [3.8, 4) is 0 Å². The smallest absolute Gasteiger partial charge is 0.191 e. The Balaban J connectivity index is 0.00000400. The Hall–Kier alpha value is -0.340. The van der Waals surface area contributed by atoms with Crippen LogP contribution < -0.4 is 10.6 Å². The lowest BCUT2D eigenvalue weighted by atomic mass is 10.3. The van der Waals surface area contributed by atoms with Gasteiger partial charge in [0.15, 0.2) is 5.96 Å². The van der Waals surface area contributed by atoms with E-state index in [9.17, 15) is 0 Å². The van der Waals surface area contributed by atoms with Gasteiger partial charge in [0.1, 0.15) is 0 Å². The summed E-state index contributed by atoms with van der Waals surface area (Å²) >= 11 is 1.79. The number of thiophene rings is 1. The Kier molecular flexibility index (Phi) is 11.1. The van der Waals surface area contributed by atoms with Crippen molar-refractivity contribution in [1.29, 1.82) is 0 Å². The molecule has 1 aromatic rings. The van der Waals surface area contributed by atoms with Crippen LogP contribution in [0.25, 0.3) is 0 Å². The molecule has 1 atom stereocenters. The van der Waals surface area contributed by atoms with Crippen molar-refractivity contribution in [3.05, 3.63) is 21.9 Å². The minimum absolute atomic E-state index is 0. The fraction of sp³-hybridized carbons (Fsp3) is 0.667. The summed E-state index contributed by atoms with van der Waals surface area (Å²) in [6.45, 7) is 12.7.